The van der Waals surface area contributed by atoms with Gasteiger partial charge in [-0.05, 0) is 109 Å². The highest BCUT2D eigenvalue weighted by atomic mass is 16.7. The van der Waals surface area contributed by atoms with Gasteiger partial charge in [-0.15, -0.1) is 0 Å². The van der Waals surface area contributed by atoms with Crippen molar-refractivity contribution < 1.29 is 170 Å². The van der Waals surface area contributed by atoms with Crippen LogP contribution in [0.15, 0.2) is 0 Å². The molecule has 4 heterocycles. The van der Waals surface area contributed by atoms with Gasteiger partial charge in [0.1, 0.15) is 79.7 Å². The summed E-state index contributed by atoms with van der Waals surface area (Å²) in [6.07, 6.45) is -6.81. The molecule has 784 valence electrons. The number of aliphatic hydroxyl groups is 9. The molecule has 0 aromatic heterocycles. The van der Waals surface area contributed by atoms with Crippen LogP contribution in [0.1, 0.15) is 207 Å². The van der Waals surface area contributed by atoms with E-state index in [9.17, 15) is 108 Å². The third-order valence-electron chi connectivity index (χ3n) is 22.9. The summed E-state index contributed by atoms with van der Waals surface area (Å²) in [5.41, 5.74) is -1.11. The summed E-state index contributed by atoms with van der Waals surface area (Å²) in [6, 6.07) is -3.40. The number of nitrogens with one attached hydrogen (secondary N) is 12. The smallest absolute Gasteiger partial charge is 0.407 e. The fraction of sp³-hybridized carbons (Fsp3) is 0.852. The average Bonchev–Trinajstić information content (AvgIpc) is 1.50. The fourth-order valence-corrected chi connectivity index (χ4v) is 15.6. The molecule has 0 spiro atoms. The Morgan fingerprint density at radius 3 is 1.05 bits per heavy atom. The van der Waals surface area contributed by atoms with Crippen molar-refractivity contribution >= 4 is 77.4 Å². The van der Waals surface area contributed by atoms with Crippen molar-refractivity contribution in [1.29, 1.82) is 0 Å². The number of alkyl carbamates (subject to hydrolysis) is 3. The lowest BCUT2D eigenvalue weighted by Crippen LogP contribution is -2.64. The van der Waals surface area contributed by atoms with Crippen LogP contribution in [0.5, 0.6) is 0 Å². The van der Waals surface area contributed by atoms with E-state index >= 15 is 0 Å². The van der Waals surface area contributed by atoms with E-state index in [1.54, 1.807) is 19.1 Å². The maximum absolute atomic E-state index is 14.1. The number of amides is 13. The predicted molar refractivity (Wildman–Crippen MR) is 482 cm³/mol. The third-order valence-corrected chi connectivity index (χ3v) is 22.9. The van der Waals surface area contributed by atoms with Crippen LogP contribution in [0.4, 0.5) is 14.4 Å². The number of hydrogen-bond donors (Lipinski definition) is 21. The molecule has 48 nitrogen and oxygen atoms in total. The Morgan fingerprint density at radius 2 is 0.691 bits per heavy atom. The summed E-state index contributed by atoms with van der Waals surface area (Å²) in [5, 5.41) is 124. The molecule has 0 bridgehead atoms. The molecule has 21 N–H and O–H groups in total. The minimum Gasteiger partial charge on any atom is -0.450 e. The topological polar surface area (TPSA) is 672 Å². The van der Waals surface area contributed by atoms with Crippen LogP contribution in [0.2, 0.25) is 0 Å². The van der Waals surface area contributed by atoms with E-state index < -0.39 is 165 Å². The molecule has 0 saturated carbocycles. The minimum atomic E-state index is -1.47. The predicted octanol–water partition coefficient (Wildman–Crippen LogP) is -3.30. The van der Waals surface area contributed by atoms with Gasteiger partial charge >= 0.3 is 18.3 Å². The molecule has 0 aromatic carbocycles. The Morgan fingerprint density at radius 1 is 0.353 bits per heavy atom. The van der Waals surface area contributed by atoms with Gasteiger partial charge in [-0.3, -0.25) is 47.9 Å². The van der Waals surface area contributed by atoms with Gasteiger partial charge in [0.15, 0.2) is 18.9 Å². The quantitative estimate of drug-likeness (QED) is 0.0209. The zero-order valence-electron chi connectivity index (χ0n) is 79.7. The second-order valence-corrected chi connectivity index (χ2v) is 34.1. The normalized spacial score (nSPS) is 23.5. The zero-order chi connectivity index (χ0) is 99.8. The molecule has 4 rings (SSSR count). The average molecular weight is 1960 g/mol. The molecule has 13 amide bonds. The lowest BCUT2D eigenvalue weighted by molar-refractivity contribution is -0.270. The van der Waals surface area contributed by atoms with Crippen LogP contribution in [0.3, 0.4) is 0 Å². The number of likely N-dealkylation sites (tertiary alicyclic amines) is 1. The monoisotopic (exact) mass is 1960 g/mol. The van der Waals surface area contributed by atoms with E-state index in [1.165, 1.54) is 20.8 Å². The van der Waals surface area contributed by atoms with E-state index in [2.05, 4.69) is 63.8 Å². The molecule has 4 aliphatic heterocycles. The number of aliphatic hydroxyl groups excluding tert-OH is 9. The van der Waals surface area contributed by atoms with Gasteiger partial charge in [-0.25, -0.2) is 14.4 Å². The molecule has 15 unspecified atom stereocenters. The Balaban J connectivity index is 1.29. The summed E-state index contributed by atoms with van der Waals surface area (Å²) in [7, 11) is 3.19. The maximum atomic E-state index is 14.1. The van der Waals surface area contributed by atoms with E-state index in [1.807, 2.05) is 0 Å². The van der Waals surface area contributed by atoms with Crippen molar-refractivity contribution in [2.75, 3.05) is 166 Å². The van der Waals surface area contributed by atoms with Gasteiger partial charge in [0.05, 0.1) is 98.0 Å². The van der Waals surface area contributed by atoms with Crippen molar-refractivity contribution in [3.8, 4) is 0 Å². The molecular formula is C88H157N13O35. The van der Waals surface area contributed by atoms with Gasteiger partial charge in [-0.1, -0.05) is 38.5 Å². The van der Waals surface area contributed by atoms with Gasteiger partial charge in [0, 0.05) is 138 Å². The van der Waals surface area contributed by atoms with Crippen LogP contribution in [0, 0.1) is 0 Å². The molecular weight excluding hydrogens is 1800 g/mol. The second kappa shape index (κ2) is 71.2. The maximum Gasteiger partial charge on any atom is 0.407 e. The minimum absolute atomic E-state index is 0.0112. The van der Waals surface area contributed by atoms with Crippen molar-refractivity contribution in [3.05, 3.63) is 0 Å². The first-order chi connectivity index (χ1) is 65.4. The first-order valence-corrected chi connectivity index (χ1v) is 47.7. The van der Waals surface area contributed by atoms with Crippen molar-refractivity contribution in [3.63, 3.8) is 0 Å². The number of methoxy groups -OCH3 is 2. The van der Waals surface area contributed by atoms with Crippen LogP contribution in [-0.2, 0) is 110 Å². The first-order valence-electron chi connectivity index (χ1n) is 47.7. The van der Waals surface area contributed by atoms with Crippen LogP contribution in [-0.4, -0.2) is 403 Å². The first kappa shape index (κ1) is 120. The summed E-state index contributed by atoms with van der Waals surface area (Å²) >= 11 is 0. The SMILES string of the molecule is COC[C@H]1C[C@H](OC)CN1C(=O)CCCNC(=O)COCCOCCNC(=O)CCC(=O)NC(CCCOC(=O)NCCCCCCNC(=O)CCCOC1OC(CO)C(O)C(O)C1NC(C)=O)(CCCOC(=O)NCCCCCCNC(=O)CCCOC1OC(CO)C(O)C(O)C1NC(C)=O)CCCOC(=O)NCCCCCCNC(=O)CCCOC1OC(CO)C(O)C(O)C1NC(C)=O. The number of ether oxygens (including phenoxy) is 13. The number of carbonyl (C=O) groups is 13. The highest BCUT2D eigenvalue weighted by Gasteiger charge is 2.49. The summed E-state index contributed by atoms with van der Waals surface area (Å²) in [6.45, 7) is 4.86. The van der Waals surface area contributed by atoms with Gasteiger partial charge < -0.3 is 176 Å². The largest absolute Gasteiger partial charge is 0.450 e. The summed E-state index contributed by atoms with van der Waals surface area (Å²) < 4.78 is 72.3. The fourth-order valence-electron chi connectivity index (χ4n) is 15.6. The second-order valence-electron chi connectivity index (χ2n) is 34.1. The number of nitrogens with zero attached hydrogens (tertiary/aromatic N) is 1. The molecule has 136 heavy (non-hydrogen) atoms. The van der Waals surface area contributed by atoms with Gasteiger partial charge in [0.25, 0.3) is 0 Å². The van der Waals surface area contributed by atoms with Crippen molar-refractivity contribution in [1.82, 2.24) is 68.7 Å². The Kier molecular flexibility index (Phi) is 62.9. The lowest BCUT2D eigenvalue weighted by atomic mass is 9.83. The van der Waals surface area contributed by atoms with E-state index in [4.69, 9.17) is 61.6 Å². The Labute approximate surface area is 795 Å². The third kappa shape index (κ3) is 50.6. The highest BCUT2D eigenvalue weighted by molar-refractivity contribution is 5.84. The Bertz CT molecular complexity index is 3190. The number of rotatable bonds is 73. The van der Waals surface area contributed by atoms with E-state index in [0.29, 0.717) is 103 Å². The number of hydrogen-bond acceptors (Lipinski definition) is 35. The van der Waals surface area contributed by atoms with Crippen LogP contribution >= 0.6 is 0 Å². The van der Waals surface area contributed by atoms with Crippen molar-refractivity contribution in [2.24, 2.45) is 0 Å². The molecule has 0 aliphatic carbocycles. The molecule has 0 aromatic rings. The van der Waals surface area contributed by atoms with Gasteiger partial charge in [0.2, 0.25) is 59.1 Å². The van der Waals surface area contributed by atoms with Crippen molar-refractivity contribution in [2.45, 2.75) is 317 Å². The molecule has 4 fully saturated rings. The van der Waals surface area contributed by atoms with E-state index in [-0.39, 0.29) is 237 Å². The number of unbranched alkanes of at least 4 members (excludes halogenated alkanes) is 9. The molecule has 17 atom stereocenters. The Hall–Kier alpha value is -8.25. The van der Waals surface area contributed by atoms with Crippen LogP contribution < -0.4 is 63.8 Å². The highest BCUT2D eigenvalue weighted by Crippen LogP contribution is 2.30. The summed E-state index contributed by atoms with van der Waals surface area (Å²) in [4.78, 5) is 167. The summed E-state index contributed by atoms with van der Waals surface area (Å²) in [5.74, 6) is -3.59. The molecule has 4 saturated heterocycles. The molecule has 0 radical (unpaired) electrons. The van der Waals surface area contributed by atoms with E-state index in [0.717, 1.165) is 19.3 Å². The molecule has 4 aliphatic rings. The van der Waals surface area contributed by atoms with Gasteiger partial charge in [-0.2, -0.15) is 0 Å². The standard InChI is InChI=1S/C88H157N13O35/c1-58(105)97-73-79(118)76(115)63(53-102)134-82(73)128-42-19-25-66(108)89-34-12-6-9-15-37-94-85(121)131-45-22-31-88(100-70(112)30-29-69(111)93-41-48-126-49-50-127-57-71(113)92-40-18-28-72(114)101-52-62(125-5)51-61(101)56-124-4,32-23-46-132-86(122)95-38-16-10-7-13-35-90-67(109)26-20-43-129-83-74(98-59(2)106)80(119)77(116)64(54-103)135-83)33-24-47-133-87(123)96-39-17-11-8-14-36-91-68(110)27-21-44-130-84-75(99-60(3)107)81(120)78(117)65(55-104)136-84/h61-65,73-84,102-104,115-120H,6-57H2,1-5H3,(H,89,108)(H,90,109)(H,91,110)(H,92,113)(H,93,111)(H,94,121)(H,95,122)(H,96,123)(H,97,105)(H,98,106)(H,99,107)(H,100,112)/t61-,62+,63?,64?,65?,73?,74?,75?,76?,77?,78?,79?,80?,81?,82?,83?,84?,88?/m1/s1. The number of carbonyl (C=O) groups excluding carboxylic acids is 13. The molecule has 48 heteroatoms. The lowest BCUT2D eigenvalue weighted by Gasteiger charge is -2.42. The zero-order valence-corrected chi connectivity index (χ0v) is 79.7. The van der Waals surface area contributed by atoms with Crippen LogP contribution in [0.25, 0.3) is 0 Å².